The molecule has 0 saturated carbocycles. The van der Waals surface area contributed by atoms with Crippen LogP contribution < -0.4 is 10.5 Å². The Morgan fingerprint density at radius 2 is 1.95 bits per heavy atom. The molecule has 3 N–H and O–H groups in total. The zero-order chi connectivity index (χ0) is 15.3. The molecule has 1 rings (SSSR count). The van der Waals surface area contributed by atoms with Crippen LogP contribution in [0.3, 0.4) is 0 Å². The first-order valence-electron chi connectivity index (χ1n) is 5.79. The van der Waals surface area contributed by atoms with Crippen molar-refractivity contribution >= 4 is 17.8 Å². The zero-order valence-corrected chi connectivity index (χ0v) is 11.3. The average Bonchev–Trinajstić information content (AvgIpc) is 2.36. The highest BCUT2D eigenvalue weighted by Gasteiger charge is 2.23. The van der Waals surface area contributed by atoms with Crippen LogP contribution >= 0.6 is 0 Å². The Hall–Kier alpha value is -2.57. The lowest BCUT2D eigenvalue weighted by Crippen LogP contribution is -2.41. The van der Waals surface area contributed by atoms with Crippen LogP contribution in [0.1, 0.15) is 15.9 Å². The summed E-state index contributed by atoms with van der Waals surface area (Å²) in [6, 6.07) is 4.92. The fraction of sp³-hybridized carbons (Fsp3) is 0.308. The first-order chi connectivity index (χ1) is 9.35. The minimum absolute atomic E-state index is 0.190. The molecule has 0 spiro atoms. The van der Waals surface area contributed by atoms with Crippen LogP contribution in [-0.4, -0.2) is 48.0 Å². The summed E-state index contributed by atoms with van der Waals surface area (Å²) in [6.07, 6.45) is 0. The van der Waals surface area contributed by atoms with Crippen LogP contribution in [0.2, 0.25) is 0 Å². The molecule has 0 bridgehead atoms. The number of rotatable bonds is 6. The Balaban J connectivity index is 3.13. The Labute approximate surface area is 115 Å². The Morgan fingerprint density at radius 3 is 2.45 bits per heavy atom. The van der Waals surface area contributed by atoms with Crippen molar-refractivity contribution in [2.24, 2.45) is 5.73 Å². The second kappa shape index (κ2) is 6.55. The number of carboxylic acid groups (broad SMARTS) is 1. The quantitative estimate of drug-likeness (QED) is 0.763. The van der Waals surface area contributed by atoms with Gasteiger partial charge in [0.2, 0.25) is 5.91 Å². The number of nitrogens with two attached hydrogens (primary N) is 1. The highest BCUT2D eigenvalue weighted by Crippen LogP contribution is 2.21. The van der Waals surface area contributed by atoms with Crippen molar-refractivity contribution in [2.75, 3.05) is 20.2 Å². The van der Waals surface area contributed by atoms with Gasteiger partial charge in [0.1, 0.15) is 18.8 Å². The maximum Gasteiger partial charge on any atom is 0.323 e. The number of carbonyl (C=O) groups is 3. The number of aliphatic carboxylic acids is 1. The van der Waals surface area contributed by atoms with Crippen LogP contribution in [0.5, 0.6) is 5.75 Å². The molecule has 0 aliphatic heterocycles. The lowest BCUT2D eigenvalue weighted by molar-refractivity contribution is -0.138. The van der Waals surface area contributed by atoms with E-state index in [1.165, 1.54) is 7.11 Å². The van der Waals surface area contributed by atoms with Crippen molar-refractivity contribution in [1.82, 2.24) is 4.90 Å². The van der Waals surface area contributed by atoms with Gasteiger partial charge in [-0.15, -0.1) is 0 Å². The third-order valence-corrected chi connectivity index (χ3v) is 2.55. The standard InChI is InChI=1S/C13H16N2O5/c1-8-3-4-10(20-2)9(5-8)13(19)15(6-11(14)16)7-12(17)18/h3-5H,6-7H2,1-2H3,(H2,14,16)(H,17,18). The number of primary amides is 1. The monoisotopic (exact) mass is 280 g/mol. The molecule has 20 heavy (non-hydrogen) atoms. The number of carbonyl (C=O) groups excluding carboxylic acids is 2. The van der Waals surface area contributed by atoms with Gasteiger partial charge in [-0.1, -0.05) is 11.6 Å². The minimum Gasteiger partial charge on any atom is -0.496 e. The van der Waals surface area contributed by atoms with E-state index < -0.39 is 30.9 Å². The number of methoxy groups -OCH3 is 1. The van der Waals surface area contributed by atoms with Gasteiger partial charge in [-0.3, -0.25) is 14.4 Å². The van der Waals surface area contributed by atoms with Gasteiger partial charge in [0, 0.05) is 0 Å². The molecule has 0 aliphatic rings. The molecule has 0 aromatic heterocycles. The van der Waals surface area contributed by atoms with Crippen molar-refractivity contribution in [3.8, 4) is 5.75 Å². The summed E-state index contributed by atoms with van der Waals surface area (Å²) < 4.78 is 5.07. The fourth-order valence-electron chi connectivity index (χ4n) is 1.71. The molecule has 108 valence electrons. The summed E-state index contributed by atoms with van der Waals surface area (Å²) in [7, 11) is 1.40. The zero-order valence-electron chi connectivity index (χ0n) is 11.3. The van der Waals surface area contributed by atoms with E-state index in [4.69, 9.17) is 15.6 Å². The number of hydrogen-bond acceptors (Lipinski definition) is 4. The number of carboxylic acids is 1. The molecule has 7 heteroatoms. The molecule has 1 aromatic carbocycles. The molecule has 0 fully saturated rings. The van der Waals surface area contributed by atoms with Crippen molar-refractivity contribution < 1.29 is 24.2 Å². The van der Waals surface area contributed by atoms with Gasteiger partial charge in [-0.05, 0) is 19.1 Å². The average molecular weight is 280 g/mol. The van der Waals surface area contributed by atoms with Crippen LogP contribution in [0.4, 0.5) is 0 Å². The second-order valence-corrected chi connectivity index (χ2v) is 4.23. The summed E-state index contributed by atoms with van der Waals surface area (Å²) >= 11 is 0. The first kappa shape index (κ1) is 15.5. The van der Waals surface area contributed by atoms with E-state index in [1.807, 2.05) is 0 Å². The van der Waals surface area contributed by atoms with Crippen LogP contribution in [0.25, 0.3) is 0 Å². The van der Waals surface area contributed by atoms with E-state index in [2.05, 4.69) is 0 Å². The molecule has 7 nitrogen and oxygen atoms in total. The van der Waals surface area contributed by atoms with Crippen LogP contribution in [-0.2, 0) is 9.59 Å². The van der Waals surface area contributed by atoms with E-state index >= 15 is 0 Å². The number of hydrogen-bond donors (Lipinski definition) is 2. The smallest absolute Gasteiger partial charge is 0.323 e. The summed E-state index contributed by atoms with van der Waals surface area (Å²) in [6.45, 7) is 0.701. The molecule has 0 unspecified atom stereocenters. The largest absolute Gasteiger partial charge is 0.496 e. The van der Waals surface area contributed by atoms with Crippen LogP contribution in [0, 0.1) is 6.92 Å². The topological polar surface area (TPSA) is 110 Å². The fourth-order valence-corrected chi connectivity index (χ4v) is 1.71. The van der Waals surface area contributed by atoms with Crippen molar-refractivity contribution in [3.05, 3.63) is 29.3 Å². The number of nitrogens with zero attached hydrogens (tertiary/aromatic N) is 1. The number of benzene rings is 1. The molecule has 0 aliphatic carbocycles. The third-order valence-electron chi connectivity index (χ3n) is 2.55. The van der Waals surface area contributed by atoms with E-state index in [1.54, 1.807) is 25.1 Å². The predicted octanol–water partition coefficient (Wildman–Crippen LogP) is 0.0157. The molecular formula is C13H16N2O5. The van der Waals surface area contributed by atoms with Gasteiger partial charge in [-0.2, -0.15) is 0 Å². The van der Waals surface area contributed by atoms with Crippen molar-refractivity contribution in [3.63, 3.8) is 0 Å². The predicted molar refractivity (Wildman–Crippen MR) is 70.5 cm³/mol. The van der Waals surface area contributed by atoms with Gasteiger partial charge in [0.05, 0.1) is 12.7 Å². The van der Waals surface area contributed by atoms with Gasteiger partial charge in [0.15, 0.2) is 0 Å². The van der Waals surface area contributed by atoms with Gasteiger partial charge < -0.3 is 20.5 Å². The SMILES string of the molecule is COc1ccc(C)cc1C(=O)N(CC(N)=O)CC(=O)O. The third kappa shape index (κ3) is 3.98. The summed E-state index contributed by atoms with van der Waals surface area (Å²) in [5.74, 6) is -2.33. The van der Waals surface area contributed by atoms with E-state index in [0.717, 1.165) is 10.5 Å². The lowest BCUT2D eigenvalue weighted by Gasteiger charge is -2.20. The first-order valence-corrected chi connectivity index (χ1v) is 5.79. The molecule has 0 radical (unpaired) electrons. The molecule has 1 aromatic rings. The highest BCUT2D eigenvalue weighted by molar-refractivity contribution is 6.00. The lowest BCUT2D eigenvalue weighted by atomic mass is 10.1. The van der Waals surface area contributed by atoms with Crippen molar-refractivity contribution in [2.45, 2.75) is 6.92 Å². The van der Waals surface area contributed by atoms with E-state index in [-0.39, 0.29) is 5.56 Å². The van der Waals surface area contributed by atoms with Crippen LogP contribution in [0.15, 0.2) is 18.2 Å². The van der Waals surface area contributed by atoms with Gasteiger partial charge in [0.25, 0.3) is 5.91 Å². The van der Waals surface area contributed by atoms with Gasteiger partial charge in [-0.25, -0.2) is 0 Å². The maximum atomic E-state index is 12.3. The minimum atomic E-state index is -1.23. The summed E-state index contributed by atoms with van der Waals surface area (Å²) in [4.78, 5) is 34.9. The number of amides is 2. The van der Waals surface area contributed by atoms with Gasteiger partial charge >= 0.3 is 5.97 Å². The highest BCUT2D eigenvalue weighted by atomic mass is 16.5. The van der Waals surface area contributed by atoms with Crippen molar-refractivity contribution in [1.29, 1.82) is 0 Å². The van der Waals surface area contributed by atoms with E-state index in [0.29, 0.717) is 5.75 Å². The molecule has 0 atom stereocenters. The molecule has 0 heterocycles. The number of ether oxygens (including phenoxy) is 1. The Morgan fingerprint density at radius 1 is 1.30 bits per heavy atom. The summed E-state index contributed by atoms with van der Waals surface area (Å²) in [5.41, 5.74) is 6.03. The molecule has 0 saturated heterocycles. The normalized spacial score (nSPS) is 9.90. The Kier molecular flexibility index (Phi) is 5.08. The summed E-state index contributed by atoms with van der Waals surface area (Å²) in [5, 5.41) is 8.80. The Bertz CT molecular complexity index is 526. The maximum absolute atomic E-state index is 12.3. The molecule has 2 amide bonds. The van der Waals surface area contributed by atoms with E-state index in [9.17, 15) is 14.4 Å². The second-order valence-electron chi connectivity index (χ2n) is 4.23. The number of aryl methyl sites for hydroxylation is 1. The molecular weight excluding hydrogens is 264 g/mol.